The van der Waals surface area contributed by atoms with Gasteiger partial charge in [0.15, 0.2) is 0 Å². The molecule has 2 aromatic rings. The number of methoxy groups -OCH3 is 1. The number of anilines is 1. The zero-order valence-electron chi connectivity index (χ0n) is 11.9. The van der Waals surface area contributed by atoms with Gasteiger partial charge in [0.05, 0.1) is 12.8 Å². The first-order valence-corrected chi connectivity index (χ1v) is 7.06. The molecule has 104 valence electrons. The van der Waals surface area contributed by atoms with Gasteiger partial charge in [0, 0.05) is 17.7 Å². The van der Waals surface area contributed by atoms with Crippen molar-refractivity contribution in [3.63, 3.8) is 0 Å². The highest BCUT2D eigenvalue weighted by atomic mass is 16.5. The average Bonchev–Trinajstić information content (AvgIpc) is 3.31. The highest BCUT2D eigenvalue weighted by Gasteiger charge is 2.21. The fourth-order valence-electron chi connectivity index (χ4n) is 2.20. The van der Waals surface area contributed by atoms with Crippen molar-refractivity contribution in [1.82, 2.24) is 9.97 Å². The summed E-state index contributed by atoms with van der Waals surface area (Å²) in [6, 6.07) is 8.82. The van der Waals surface area contributed by atoms with E-state index in [1.165, 1.54) is 18.4 Å². The van der Waals surface area contributed by atoms with E-state index in [1.807, 2.05) is 12.1 Å². The molecule has 20 heavy (non-hydrogen) atoms. The van der Waals surface area contributed by atoms with E-state index in [9.17, 15) is 0 Å². The Labute approximate surface area is 119 Å². The van der Waals surface area contributed by atoms with Gasteiger partial charge in [-0.15, -0.1) is 0 Å². The maximum Gasteiger partial charge on any atom is 0.130 e. The van der Waals surface area contributed by atoms with Crippen molar-refractivity contribution in [1.29, 1.82) is 0 Å². The third-order valence-electron chi connectivity index (χ3n) is 3.54. The summed E-state index contributed by atoms with van der Waals surface area (Å²) in [6.45, 7) is 2.14. The van der Waals surface area contributed by atoms with Gasteiger partial charge in [-0.3, -0.25) is 0 Å². The summed E-state index contributed by atoms with van der Waals surface area (Å²) in [5.74, 6) is 1.74. The summed E-state index contributed by atoms with van der Waals surface area (Å²) in [7, 11) is 1.69. The van der Waals surface area contributed by atoms with Crippen LogP contribution in [-0.4, -0.2) is 23.1 Å². The first-order valence-electron chi connectivity index (χ1n) is 7.06. The number of aryl methyl sites for hydroxylation is 1. The molecule has 0 spiro atoms. The Morgan fingerprint density at radius 1 is 1.25 bits per heavy atom. The van der Waals surface area contributed by atoms with Crippen molar-refractivity contribution in [2.24, 2.45) is 0 Å². The molecule has 3 rings (SSSR count). The van der Waals surface area contributed by atoms with Gasteiger partial charge < -0.3 is 10.1 Å². The third kappa shape index (κ3) is 2.74. The molecule has 1 aromatic carbocycles. The Balaban J connectivity index is 1.97. The van der Waals surface area contributed by atoms with Gasteiger partial charge in [-0.2, -0.15) is 0 Å². The third-order valence-corrected chi connectivity index (χ3v) is 3.54. The minimum atomic E-state index is 0.585. The summed E-state index contributed by atoms with van der Waals surface area (Å²) in [4.78, 5) is 8.67. The molecule has 1 aliphatic rings. The number of nitrogens with zero attached hydrogens (tertiary/aromatic N) is 2. The van der Waals surface area contributed by atoms with Gasteiger partial charge in [0.2, 0.25) is 0 Å². The Morgan fingerprint density at radius 2 is 2.10 bits per heavy atom. The normalized spacial score (nSPS) is 14.1. The number of rotatable bonds is 5. The molecule has 0 atom stereocenters. The van der Waals surface area contributed by atoms with E-state index >= 15 is 0 Å². The molecule has 0 unspecified atom stereocenters. The second-order valence-electron chi connectivity index (χ2n) is 5.10. The molecule has 1 N–H and O–H groups in total. The summed E-state index contributed by atoms with van der Waals surface area (Å²) in [6.07, 6.45) is 5.06. The molecule has 1 aromatic heterocycles. The monoisotopic (exact) mass is 269 g/mol. The molecule has 1 saturated carbocycles. The highest BCUT2D eigenvalue weighted by molar-refractivity contribution is 5.70. The van der Waals surface area contributed by atoms with Crippen molar-refractivity contribution in [2.45, 2.75) is 32.2 Å². The van der Waals surface area contributed by atoms with E-state index in [0.717, 1.165) is 29.2 Å². The minimum absolute atomic E-state index is 0.585. The maximum atomic E-state index is 5.45. The van der Waals surface area contributed by atoms with Gasteiger partial charge >= 0.3 is 0 Å². The Kier molecular flexibility index (Phi) is 3.54. The lowest BCUT2D eigenvalue weighted by Gasteiger charge is -2.11. The Hall–Kier alpha value is -2.10. The van der Waals surface area contributed by atoms with Crippen LogP contribution in [0.15, 0.2) is 30.6 Å². The standard InChI is InChI=1S/C16H19N3O/c1-3-11-4-7-15(20-2)13(8-11)14-9-16(18-10-17-14)19-12-5-6-12/h4,7-10,12H,3,5-6H2,1-2H3,(H,17,18,19). The molecular weight excluding hydrogens is 250 g/mol. The maximum absolute atomic E-state index is 5.45. The van der Waals surface area contributed by atoms with Crippen molar-refractivity contribution in [3.05, 3.63) is 36.2 Å². The second-order valence-corrected chi connectivity index (χ2v) is 5.10. The number of benzene rings is 1. The average molecular weight is 269 g/mol. The van der Waals surface area contributed by atoms with E-state index in [4.69, 9.17) is 4.74 Å². The number of hydrogen-bond acceptors (Lipinski definition) is 4. The van der Waals surface area contributed by atoms with E-state index in [-0.39, 0.29) is 0 Å². The molecule has 0 amide bonds. The van der Waals surface area contributed by atoms with Crippen LogP contribution in [0.25, 0.3) is 11.3 Å². The Bertz CT molecular complexity index is 608. The first kappa shape index (κ1) is 12.9. The lowest BCUT2D eigenvalue weighted by Crippen LogP contribution is -2.03. The fourth-order valence-corrected chi connectivity index (χ4v) is 2.20. The van der Waals surface area contributed by atoms with Crippen LogP contribution in [0.3, 0.4) is 0 Å². The number of hydrogen-bond donors (Lipinski definition) is 1. The zero-order chi connectivity index (χ0) is 13.9. The summed E-state index contributed by atoms with van der Waals surface area (Å²) in [5.41, 5.74) is 3.19. The molecule has 4 heteroatoms. The van der Waals surface area contributed by atoms with E-state index < -0.39 is 0 Å². The molecule has 1 heterocycles. The predicted molar refractivity (Wildman–Crippen MR) is 80.0 cm³/mol. The van der Waals surface area contributed by atoms with Crippen molar-refractivity contribution >= 4 is 5.82 Å². The SMILES string of the molecule is CCc1ccc(OC)c(-c2cc(NC3CC3)ncn2)c1. The van der Waals surface area contributed by atoms with Gasteiger partial charge in [0.25, 0.3) is 0 Å². The highest BCUT2D eigenvalue weighted by Crippen LogP contribution is 2.31. The van der Waals surface area contributed by atoms with Gasteiger partial charge in [-0.05, 0) is 37.0 Å². The minimum Gasteiger partial charge on any atom is -0.496 e. The van der Waals surface area contributed by atoms with Crippen molar-refractivity contribution in [2.75, 3.05) is 12.4 Å². The quantitative estimate of drug-likeness (QED) is 0.904. The van der Waals surface area contributed by atoms with E-state index in [1.54, 1.807) is 13.4 Å². The van der Waals surface area contributed by atoms with Crippen LogP contribution in [0, 0.1) is 0 Å². The van der Waals surface area contributed by atoms with Crippen molar-refractivity contribution < 1.29 is 4.74 Å². The lowest BCUT2D eigenvalue weighted by atomic mass is 10.0. The largest absolute Gasteiger partial charge is 0.496 e. The van der Waals surface area contributed by atoms with Gasteiger partial charge in [-0.1, -0.05) is 13.0 Å². The predicted octanol–water partition coefficient (Wildman–Crippen LogP) is 3.29. The molecule has 0 bridgehead atoms. The molecular formula is C16H19N3O. The zero-order valence-corrected chi connectivity index (χ0v) is 11.9. The van der Waals surface area contributed by atoms with Crippen LogP contribution < -0.4 is 10.1 Å². The number of nitrogens with one attached hydrogen (secondary N) is 1. The van der Waals surface area contributed by atoms with Crippen LogP contribution >= 0.6 is 0 Å². The second kappa shape index (κ2) is 5.49. The van der Waals surface area contributed by atoms with Gasteiger partial charge in [0.1, 0.15) is 17.9 Å². The molecule has 1 aliphatic carbocycles. The first-order chi connectivity index (χ1) is 9.80. The molecule has 0 saturated heterocycles. The summed E-state index contributed by atoms with van der Waals surface area (Å²) >= 11 is 0. The molecule has 0 radical (unpaired) electrons. The number of ether oxygens (including phenoxy) is 1. The summed E-state index contributed by atoms with van der Waals surface area (Å²) in [5, 5.41) is 3.40. The fraction of sp³-hybridized carbons (Fsp3) is 0.375. The topological polar surface area (TPSA) is 47.0 Å². The van der Waals surface area contributed by atoms with Crippen molar-refractivity contribution in [3.8, 4) is 17.0 Å². The lowest BCUT2D eigenvalue weighted by molar-refractivity contribution is 0.416. The molecule has 1 fully saturated rings. The van der Waals surface area contributed by atoms with Crippen LogP contribution in [0.2, 0.25) is 0 Å². The van der Waals surface area contributed by atoms with Crippen LogP contribution in [-0.2, 0) is 6.42 Å². The van der Waals surface area contributed by atoms with E-state index in [0.29, 0.717) is 6.04 Å². The van der Waals surface area contributed by atoms with E-state index in [2.05, 4.69) is 34.3 Å². The van der Waals surface area contributed by atoms with Crippen LogP contribution in [0.1, 0.15) is 25.3 Å². The van der Waals surface area contributed by atoms with Crippen LogP contribution in [0.4, 0.5) is 5.82 Å². The summed E-state index contributed by atoms with van der Waals surface area (Å²) < 4.78 is 5.45. The Morgan fingerprint density at radius 3 is 2.80 bits per heavy atom. The molecule has 4 nitrogen and oxygen atoms in total. The van der Waals surface area contributed by atoms with Crippen LogP contribution in [0.5, 0.6) is 5.75 Å². The molecule has 0 aliphatic heterocycles. The smallest absolute Gasteiger partial charge is 0.130 e. The number of aromatic nitrogens is 2. The van der Waals surface area contributed by atoms with Gasteiger partial charge in [-0.25, -0.2) is 9.97 Å².